The number of fused-ring (bicyclic) bond motifs is 1. The molecular formula is C30H31BrN2O7S. The third-order valence-electron chi connectivity index (χ3n) is 6.18. The normalized spacial score (nSPS) is 12.4. The highest BCUT2D eigenvalue weighted by Crippen LogP contribution is 2.23. The lowest BCUT2D eigenvalue weighted by Crippen LogP contribution is -2.28. The van der Waals surface area contributed by atoms with Crippen LogP contribution in [0.3, 0.4) is 0 Å². The number of thiazole rings is 1. The molecule has 9 nitrogen and oxygen atoms in total. The van der Waals surface area contributed by atoms with Crippen LogP contribution in [0.25, 0.3) is 10.2 Å². The Morgan fingerprint density at radius 3 is 2.54 bits per heavy atom. The molecule has 1 N–H and O–H groups in total. The average molecular weight is 644 g/mol. The van der Waals surface area contributed by atoms with E-state index in [4.69, 9.17) is 19.0 Å². The van der Waals surface area contributed by atoms with E-state index in [0.29, 0.717) is 37.8 Å². The predicted octanol–water partition coefficient (Wildman–Crippen LogP) is 5.35. The molecule has 41 heavy (non-hydrogen) atoms. The van der Waals surface area contributed by atoms with Crippen molar-refractivity contribution >= 4 is 49.2 Å². The molecule has 216 valence electrons. The molecule has 11 heteroatoms. The number of hydrogen-bond donors (Lipinski definition) is 1. The number of halogens is 1. The Balaban J connectivity index is 1.39. The van der Waals surface area contributed by atoms with Gasteiger partial charge >= 0.3 is 10.8 Å². The Labute approximate surface area is 250 Å². The monoisotopic (exact) mass is 642 g/mol. The summed E-state index contributed by atoms with van der Waals surface area (Å²) in [6, 6.07) is 20.8. The lowest BCUT2D eigenvalue weighted by Gasteiger charge is -2.14. The van der Waals surface area contributed by atoms with Crippen molar-refractivity contribution in [2.45, 2.75) is 26.0 Å². The van der Waals surface area contributed by atoms with Crippen LogP contribution in [-0.2, 0) is 32.1 Å². The van der Waals surface area contributed by atoms with Gasteiger partial charge in [0.15, 0.2) is 6.10 Å². The van der Waals surface area contributed by atoms with Crippen molar-refractivity contribution in [3.05, 3.63) is 97.6 Å². The number of aromatic nitrogens is 1. The Morgan fingerprint density at radius 2 is 1.83 bits per heavy atom. The van der Waals surface area contributed by atoms with Crippen LogP contribution in [-0.4, -0.2) is 61.0 Å². The van der Waals surface area contributed by atoms with Crippen molar-refractivity contribution in [1.82, 2.24) is 4.57 Å². The molecule has 0 saturated carbocycles. The summed E-state index contributed by atoms with van der Waals surface area (Å²) in [4.78, 5) is 29.4. The highest BCUT2D eigenvalue weighted by atomic mass is 79.9. The van der Waals surface area contributed by atoms with Gasteiger partial charge in [-0.2, -0.15) is 0 Å². The molecule has 4 rings (SSSR count). The van der Waals surface area contributed by atoms with Crippen LogP contribution < -0.4 is 9.61 Å². The molecule has 1 atom stereocenters. The molecular weight excluding hydrogens is 612 g/mol. The molecule has 0 amide bonds. The summed E-state index contributed by atoms with van der Waals surface area (Å²) in [5, 5.41) is 13.7. The molecule has 1 heterocycles. The Morgan fingerprint density at radius 1 is 1.05 bits per heavy atom. The molecule has 0 fully saturated rings. The summed E-state index contributed by atoms with van der Waals surface area (Å²) in [5.41, 5.74) is 4.03. The zero-order chi connectivity index (χ0) is 29.2. The second-order valence-electron chi connectivity index (χ2n) is 8.93. The number of ether oxygens (including phenoxy) is 3. The number of rotatable bonds is 15. The summed E-state index contributed by atoms with van der Waals surface area (Å²) in [6.07, 6.45) is -0.717. The third kappa shape index (κ3) is 8.26. The minimum atomic E-state index is -1.02. The lowest BCUT2D eigenvalue weighted by molar-refractivity contribution is -0.151. The zero-order valence-corrected chi connectivity index (χ0v) is 25.2. The van der Waals surface area contributed by atoms with Gasteiger partial charge in [0.25, 0.3) is 0 Å². The molecule has 0 aliphatic heterocycles. The summed E-state index contributed by atoms with van der Waals surface area (Å²) in [5.74, 6) is -0.389. The molecule has 1 aromatic heterocycles. The van der Waals surface area contributed by atoms with Gasteiger partial charge in [0, 0.05) is 28.6 Å². The molecule has 0 saturated heterocycles. The van der Waals surface area contributed by atoms with Crippen molar-refractivity contribution in [1.29, 1.82) is 0 Å². The Hall–Kier alpha value is -3.51. The first-order valence-electron chi connectivity index (χ1n) is 13.0. The molecule has 0 bridgehead atoms. The predicted molar refractivity (Wildman–Crippen MR) is 162 cm³/mol. The minimum absolute atomic E-state index is 0.0761. The number of carbonyl (C=O) groups is 1. The van der Waals surface area contributed by atoms with E-state index >= 15 is 0 Å². The number of benzene rings is 3. The van der Waals surface area contributed by atoms with Crippen molar-refractivity contribution in [3.63, 3.8) is 0 Å². The molecule has 0 spiro atoms. The number of aliphatic carboxylic acids is 1. The SMILES string of the molecule is CCOCCOC(Cc1ccc(OCCn2c(=O)sc3cc(C(=NOC)c4cccc(Br)c4)ccc32)cc1)C(=O)O. The number of carboxylic acids is 1. The van der Waals surface area contributed by atoms with Crippen molar-refractivity contribution < 1.29 is 28.9 Å². The van der Waals surface area contributed by atoms with Gasteiger partial charge in [-0.1, -0.05) is 62.8 Å². The molecule has 4 aromatic rings. The second-order valence-corrected chi connectivity index (χ2v) is 10.8. The van der Waals surface area contributed by atoms with Crippen molar-refractivity contribution in [2.75, 3.05) is 33.5 Å². The Kier molecular flexibility index (Phi) is 11.1. The first kappa shape index (κ1) is 30.4. The highest BCUT2D eigenvalue weighted by molar-refractivity contribution is 9.10. The van der Waals surface area contributed by atoms with Crippen LogP contribution in [0.4, 0.5) is 0 Å². The van der Waals surface area contributed by atoms with Gasteiger partial charge in [-0.3, -0.25) is 9.36 Å². The Bertz CT molecular complexity index is 1550. The lowest BCUT2D eigenvalue weighted by atomic mass is 10.0. The van der Waals surface area contributed by atoms with E-state index in [1.165, 1.54) is 18.4 Å². The minimum Gasteiger partial charge on any atom is -0.492 e. The zero-order valence-electron chi connectivity index (χ0n) is 22.7. The maximum atomic E-state index is 12.8. The van der Waals surface area contributed by atoms with Gasteiger partial charge in [0.1, 0.15) is 25.2 Å². The number of carboxylic acid groups (broad SMARTS) is 1. The van der Waals surface area contributed by atoms with Crippen LogP contribution in [0.5, 0.6) is 5.75 Å². The maximum Gasteiger partial charge on any atom is 0.333 e. The van der Waals surface area contributed by atoms with Gasteiger partial charge in [0.05, 0.1) is 30.0 Å². The first-order chi connectivity index (χ1) is 19.9. The van der Waals surface area contributed by atoms with Crippen LogP contribution in [0, 0.1) is 0 Å². The smallest absolute Gasteiger partial charge is 0.333 e. The van der Waals surface area contributed by atoms with Crippen LogP contribution >= 0.6 is 27.3 Å². The molecule has 0 aliphatic rings. The molecule has 0 radical (unpaired) electrons. The standard InChI is InChI=1S/C30H31BrN2O7S/c1-3-38-15-16-40-26(29(34)35)17-20-7-10-24(11-8-20)39-14-13-33-25-12-9-22(19-27(25)41-30(33)36)28(32-37-2)21-5-4-6-23(31)18-21/h4-12,18-19,26H,3,13-17H2,1-2H3,(H,34,35). The molecule has 3 aromatic carbocycles. The van der Waals surface area contributed by atoms with E-state index in [1.807, 2.05) is 61.5 Å². The van der Waals surface area contributed by atoms with E-state index in [9.17, 15) is 14.7 Å². The van der Waals surface area contributed by atoms with E-state index < -0.39 is 12.1 Å². The second kappa shape index (κ2) is 14.9. The van der Waals surface area contributed by atoms with Gasteiger partial charge in [0.2, 0.25) is 0 Å². The van der Waals surface area contributed by atoms with E-state index in [-0.39, 0.29) is 17.9 Å². The summed E-state index contributed by atoms with van der Waals surface area (Å²) < 4.78 is 20.0. The number of oxime groups is 1. The van der Waals surface area contributed by atoms with Gasteiger partial charge < -0.3 is 24.2 Å². The average Bonchev–Trinajstić information content (AvgIpc) is 3.28. The topological polar surface area (TPSA) is 109 Å². The maximum absolute atomic E-state index is 12.8. The number of hydrogen-bond acceptors (Lipinski definition) is 8. The van der Waals surface area contributed by atoms with E-state index in [2.05, 4.69) is 21.1 Å². The quantitative estimate of drug-likeness (QED) is 0.106. The van der Waals surface area contributed by atoms with Crippen molar-refractivity contribution in [3.8, 4) is 5.75 Å². The van der Waals surface area contributed by atoms with Gasteiger partial charge in [-0.25, -0.2) is 4.79 Å². The van der Waals surface area contributed by atoms with E-state index in [0.717, 1.165) is 31.4 Å². The fourth-order valence-corrected chi connectivity index (χ4v) is 5.58. The summed E-state index contributed by atoms with van der Waals surface area (Å²) in [7, 11) is 1.51. The van der Waals surface area contributed by atoms with Crippen LogP contribution in [0.15, 0.2) is 81.2 Å². The van der Waals surface area contributed by atoms with Crippen molar-refractivity contribution in [2.24, 2.45) is 5.16 Å². The highest BCUT2D eigenvalue weighted by Gasteiger charge is 2.19. The molecule has 1 unspecified atom stereocenters. The first-order valence-corrected chi connectivity index (χ1v) is 14.6. The summed E-state index contributed by atoms with van der Waals surface area (Å²) in [6.45, 7) is 3.66. The van der Waals surface area contributed by atoms with Crippen LogP contribution in [0.2, 0.25) is 0 Å². The third-order valence-corrected chi connectivity index (χ3v) is 7.61. The number of nitrogens with zero attached hydrogens (tertiary/aromatic N) is 2. The van der Waals surface area contributed by atoms with Gasteiger partial charge in [-0.15, -0.1) is 0 Å². The summed E-state index contributed by atoms with van der Waals surface area (Å²) >= 11 is 4.67. The van der Waals surface area contributed by atoms with E-state index in [1.54, 1.807) is 16.7 Å². The fraction of sp³-hybridized carbons (Fsp3) is 0.300. The fourth-order valence-electron chi connectivity index (χ4n) is 4.23. The van der Waals surface area contributed by atoms with Crippen LogP contribution in [0.1, 0.15) is 23.6 Å². The molecule has 0 aliphatic carbocycles. The van der Waals surface area contributed by atoms with Gasteiger partial charge in [-0.05, 0) is 48.9 Å². The largest absolute Gasteiger partial charge is 0.492 e.